The highest BCUT2D eigenvalue weighted by atomic mass is 33.1. The highest BCUT2D eigenvalue weighted by Gasteiger charge is 1.85. The quantitative estimate of drug-likeness (QED) is 0.344. The van der Waals surface area contributed by atoms with Gasteiger partial charge in [0.2, 0.25) is 0 Å². The van der Waals surface area contributed by atoms with Crippen molar-refractivity contribution in [1.29, 1.82) is 0 Å². The smallest absolute Gasteiger partial charge is 0.0648 e. The Morgan fingerprint density at radius 3 is 2.78 bits per heavy atom. The van der Waals surface area contributed by atoms with E-state index in [-0.39, 0.29) is 0 Å². The molecular formula is C7H12S2. The molecule has 0 aromatic carbocycles. The van der Waals surface area contributed by atoms with Crippen LogP contribution < -0.4 is 0 Å². The first-order valence-electron chi connectivity index (χ1n) is 3.09. The van der Waals surface area contributed by atoms with Crippen molar-refractivity contribution in [3.05, 3.63) is 0 Å². The third-order valence-corrected chi connectivity index (χ3v) is 3.07. The molecule has 0 atom stereocenters. The van der Waals surface area contributed by atoms with Crippen LogP contribution >= 0.6 is 21.6 Å². The molecule has 0 nitrogen and oxygen atoms in total. The topological polar surface area (TPSA) is 0 Å². The van der Waals surface area contributed by atoms with E-state index >= 15 is 0 Å². The molecule has 2 heteroatoms. The van der Waals surface area contributed by atoms with Crippen molar-refractivity contribution >= 4 is 21.6 Å². The third-order valence-electron chi connectivity index (χ3n) is 0.807. The van der Waals surface area contributed by atoms with E-state index in [2.05, 4.69) is 12.8 Å². The first kappa shape index (κ1) is 9.26. The fourth-order valence-corrected chi connectivity index (χ4v) is 2.17. The molecule has 0 N–H and O–H groups in total. The van der Waals surface area contributed by atoms with Crippen molar-refractivity contribution in [1.82, 2.24) is 0 Å². The molecule has 52 valence electrons. The highest BCUT2D eigenvalue weighted by molar-refractivity contribution is 8.76. The van der Waals surface area contributed by atoms with Crippen molar-refractivity contribution in [2.75, 3.05) is 11.5 Å². The van der Waals surface area contributed by atoms with Crippen LogP contribution in [0.4, 0.5) is 0 Å². The third kappa shape index (κ3) is 8.26. The fourth-order valence-electron chi connectivity index (χ4n) is 0.338. The first-order valence-corrected chi connectivity index (χ1v) is 5.58. The summed E-state index contributed by atoms with van der Waals surface area (Å²) in [5.41, 5.74) is 0. The molecule has 0 spiro atoms. The molecule has 0 unspecified atom stereocenters. The maximum atomic E-state index is 5.06. The maximum Gasteiger partial charge on any atom is 0.0648 e. The van der Waals surface area contributed by atoms with Gasteiger partial charge in [-0.2, -0.15) is 0 Å². The van der Waals surface area contributed by atoms with Crippen LogP contribution in [0.25, 0.3) is 0 Å². The van der Waals surface area contributed by atoms with Gasteiger partial charge in [-0.15, -0.1) is 6.42 Å². The summed E-state index contributed by atoms with van der Waals surface area (Å²) >= 11 is 0. The van der Waals surface area contributed by atoms with Crippen LogP contribution in [0.5, 0.6) is 0 Å². The minimum absolute atomic E-state index is 0.842. The molecular weight excluding hydrogens is 148 g/mol. The largest absolute Gasteiger partial charge is 0.119 e. The molecule has 0 saturated carbocycles. The predicted octanol–water partition coefficient (Wildman–Crippen LogP) is 2.80. The van der Waals surface area contributed by atoms with Gasteiger partial charge in [0.05, 0.1) is 5.75 Å². The molecule has 0 aromatic heterocycles. The van der Waals surface area contributed by atoms with E-state index in [0.29, 0.717) is 0 Å². The van der Waals surface area contributed by atoms with Gasteiger partial charge in [-0.05, 0) is 6.42 Å². The normalized spacial score (nSPS) is 8.89. The summed E-state index contributed by atoms with van der Waals surface area (Å²) in [7, 11) is 3.65. The highest BCUT2D eigenvalue weighted by Crippen LogP contribution is 2.21. The lowest BCUT2D eigenvalue weighted by Gasteiger charge is -1.93. The standard InChI is InChI=1S/C7H12S2/c1-3-5-7-9-8-6-4-2/h2H,3,5-7H2,1H3. The Kier molecular flexibility index (Phi) is 8.50. The molecule has 0 saturated heterocycles. The number of terminal acetylenes is 1. The molecule has 0 amide bonds. The van der Waals surface area contributed by atoms with Crippen molar-refractivity contribution in [2.24, 2.45) is 0 Å². The summed E-state index contributed by atoms with van der Waals surface area (Å²) in [5.74, 6) is 4.67. The molecule has 0 aliphatic heterocycles. The first-order chi connectivity index (χ1) is 4.41. The number of hydrogen-bond donors (Lipinski definition) is 0. The summed E-state index contributed by atoms with van der Waals surface area (Å²) in [5, 5.41) is 0. The summed E-state index contributed by atoms with van der Waals surface area (Å²) in [6.07, 6.45) is 7.65. The summed E-state index contributed by atoms with van der Waals surface area (Å²) < 4.78 is 0. The Bertz CT molecular complexity index is 83.4. The molecule has 9 heavy (non-hydrogen) atoms. The molecule has 0 aromatic rings. The van der Waals surface area contributed by atoms with E-state index in [4.69, 9.17) is 6.42 Å². The van der Waals surface area contributed by atoms with Gasteiger partial charge in [-0.1, -0.05) is 40.9 Å². The molecule has 0 rings (SSSR count). The van der Waals surface area contributed by atoms with Crippen LogP contribution in [0.3, 0.4) is 0 Å². The van der Waals surface area contributed by atoms with Gasteiger partial charge < -0.3 is 0 Å². The van der Waals surface area contributed by atoms with Gasteiger partial charge >= 0.3 is 0 Å². The van der Waals surface area contributed by atoms with Crippen LogP contribution in [-0.2, 0) is 0 Å². The van der Waals surface area contributed by atoms with Gasteiger partial charge in [0.15, 0.2) is 0 Å². The van der Waals surface area contributed by atoms with Crippen molar-refractivity contribution in [3.63, 3.8) is 0 Å². The number of unbranched alkanes of at least 4 members (excludes halogenated alkanes) is 1. The van der Waals surface area contributed by atoms with E-state index in [9.17, 15) is 0 Å². The molecule has 0 fully saturated rings. The minimum Gasteiger partial charge on any atom is -0.119 e. The SMILES string of the molecule is C#CCSSCCCC. The molecule has 0 aliphatic rings. The van der Waals surface area contributed by atoms with E-state index in [1.165, 1.54) is 18.6 Å². The van der Waals surface area contributed by atoms with Crippen molar-refractivity contribution in [2.45, 2.75) is 19.8 Å². The molecule has 0 radical (unpaired) electrons. The van der Waals surface area contributed by atoms with Crippen LogP contribution in [0.1, 0.15) is 19.8 Å². The van der Waals surface area contributed by atoms with Gasteiger partial charge in [-0.3, -0.25) is 0 Å². The van der Waals surface area contributed by atoms with Gasteiger partial charge in [0, 0.05) is 5.75 Å². The van der Waals surface area contributed by atoms with Gasteiger partial charge in [0.25, 0.3) is 0 Å². The summed E-state index contributed by atoms with van der Waals surface area (Å²) in [6, 6.07) is 0. The second-order valence-electron chi connectivity index (χ2n) is 1.64. The molecule has 0 aliphatic carbocycles. The van der Waals surface area contributed by atoms with Crippen molar-refractivity contribution < 1.29 is 0 Å². The second kappa shape index (κ2) is 8.26. The Labute approximate surface area is 65.6 Å². The van der Waals surface area contributed by atoms with Crippen LogP contribution in [0.2, 0.25) is 0 Å². The summed E-state index contributed by atoms with van der Waals surface area (Å²) in [6.45, 7) is 2.20. The fraction of sp³-hybridized carbons (Fsp3) is 0.714. The minimum atomic E-state index is 0.842. The predicted molar refractivity (Wildman–Crippen MR) is 48.7 cm³/mol. The average molecular weight is 160 g/mol. The van der Waals surface area contributed by atoms with E-state index < -0.39 is 0 Å². The lowest BCUT2D eigenvalue weighted by atomic mass is 10.4. The number of rotatable bonds is 5. The van der Waals surface area contributed by atoms with Crippen LogP contribution in [-0.4, -0.2) is 11.5 Å². The zero-order chi connectivity index (χ0) is 6.95. The van der Waals surface area contributed by atoms with E-state index in [1.807, 2.05) is 10.8 Å². The molecule has 0 bridgehead atoms. The maximum absolute atomic E-state index is 5.06. The Morgan fingerprint density at radius 2 is 2.22 bits per heavy atom. The van der Waals surface area contributed by atoms with Gasteiger partial charge in [0.1, 0.15) is 0 Å². The van der Waals surface area contributed by atoms with Gasteiger partial charge in [-0.25, -0.2) is 0 Å². The van der Waals surface area contributed by atoms with Crippen LogP contribution in [0, 0.1) is 12.3 Å². The monoisotopic (exact) mass is 160 g/mol. The molecule has 0 heterocycles. The second-order valence-corrected chi connectivity index (χ2v) is 4.22. The Hall–Kier alpha value is 0.260. The zero-order valence-electron chi connectivity index (χ0n) is 5.72. The lowest BCUT2D eigenvalue weighted by molar-refractivity contribution is 0.898. The van der Waals surface area contributed by atoms with Crippen LogP contribution in [0.15, 0.2) is 0 Å². The van der Waals surface area contributed by atoms with E-state index in [1.54, 1.807) is 10.8 Å². The average Bonchev–Trinajstić information content (AvgIpc) is 1.89. The van der Waals surface area contributed by atoms with Crippen molar-refractivity contribution in [3.8, 4) is 12.3 Å². The number of hydrogen-bond acceptors (Lipinski definition) is 2. The Balaban J connectivity index is 2.69. The summed E-state index contributed by atoms with van der Waals surface area (Å²) in [4.78, 5) is 0. The zero-order valence-corrected chi connectivity index (χ0v) is 7.36. The Morgan fingerprint density at radius 1 is 1.44 bits per heavy atom. The lowest BCUT2D eigenvalue weighted by Crippen LogP contribution is -1.73. The van der Waals surface area contributed by atoms with E-state index in [0.717, 1.165) is 5.75 Å².